The highest BCUT2D eigenvalue weighted by atomic mass is 16.5. The number of amides is 3. The Kier molecular flexibility index (Phi) is 38.5. The van der Waals surface area contributed by atoms with Crippen LogP contribution in [0.1, 0.15) is 163 Å². The molecule has 0 aromatic rings. The molecular weight excluding hydrogens is 778 g/mol. The Bertz CT molecular complexity index is 1180. The van der Waals surface area contributed by atoms with E-state index in [1.54, 1.807) is 6.92 Å². The molecule has 0 saturated carbocycles. The molecular formula is C44H81N3O13. The number of unbranched alkanes of at least 4 members (excludes halogenated alkanes) is 14. The van der Waals surface area contributed by atoms with Gasteiger partial charge in [0.1, 0.15) is 30.8 Å². The number of nitrogens with one attached hydrogen (secondary N) is 3. The van der Waals surface area contributed by atoms with Gasteiger partial charge in [0.2, 0.25) is 17.7 Å². The zero-order valence-electron chi connectivity index (χ0n) is 36.9. The van der Waals surface area contributed by atoms with Gasteiger partial charge < -0.3 is 45.1 Å². The van der Waals surface area contributed by atoms with Crippen LogP contribution >= 0.6 is 0 Å². The summed E-state index contributed by atoms with van der Waals surface area (Å²) in [7, 11) is 0. The summed E-state index contributed by atoms with van der Waals surface area (Å²) in [5.41, 5.74) is 0. The van der Waals surface area contributed by atoms with E-state index in [0.29, 0.717) is 32.5 Å². The summed E-state index contributed by atoms with van der Waals surface area (Å²) in [5.74, 6) is -2.55. The maximum Gasteiger partial charge on any atom is 0.326 e. The number of carbonyl (C=O) groups is 7. The van der Waals surface area contributed by atoms with Crippen LogP contribution in [0, 0.1) is 5.92 Å². The number of Topliss-reactive ketones (excluding diaryl/α,β-unsaturated/α-hetero) is 2. The summed E-state index contributed by atoms with van der Waals surface area (Å²) in [6, 6.07) is -1.10. The largest absolute Gasteiger partial charge is 0.481 e. The summed E-state index contributed by atoms with van der Waals surface area (Å²) in [6.07, 6.45) is 19.0. The van der Waals surface area contributed by atoms with Crippen molar-refractivity contribution in [3.05, 3.63) is 0 Å². The first kappa shape index (κ1) is 56.5. The van der Waals surface area contributed by atoms with E-state index in [9.17, 15) is 38.7 Å². The molecule has 16 heteroatoms. The molecule has 0 aliphatic heterocycles. The zero-order valence-corrected chi connectivity index (χ0v) is 36.9. The van der Waals surface area contributed by atoms with Crippen LogP contribution in [0.5, 0.6) is 0 Å². The fraction of sp³-hybridized carbons (Fsp3) is 0.841. The van der Waals surface area contributed by atoms with Crippen LogP contribution in [0.3, 0.4) is 0 Å². The molecule has 0 rings (SSSR count). The molecule has 2 atom stereocenters. The normalized spacial score (nSPS) is 12.1. The number of hydrogen-bond donors (Lipinski definition) is 5. The van der Waals surface area contributed by atoms with Gasteiger partial charge in [-0.3, -0.25) is 28.8 Å². The summed E-state index contributed by atoms with van der Waals surface area (Å²) in [6.45, 7) is 5.69. The molecule has 0 spiro atoms. The van der Waals surface area contributed by atoms with Crippen LogP contribution in [-0.4, -0.2) is 123 Å². The van der Waals surface area contributed by atoms with Gasteiger partial charge in [-0.25, -0.2) is 4.79 Å². The first-order valence-electron chi connectivity index (χ1n) is 22.5. The molecule has 0 aromatic carbocycles. The Morgan fingerprint density at radius 1 is 0.483 bits per heavy atom. The second-order valence-corrected chi connectivity index (χ2v) is 15.5. The predicted molar refractivity (Wildman–Crippen MR) is 230 cm³/mol. The monoisotopic (exact) mass is 860 g/mol. The van der Waals surface area contributed by atoms with Crippen molar-refractivity contribution < 1.29 is 64.1 Å². The number of carbonyl (C=O) groups excluding carboxylic acids is 5. The van der Waals surface area contributed by atoms with Crippen molar-refractivity contribution in [1.29, 1.82) is 0 Å². The maximum absolute atomic E-state index is 12.3. The van der Waals surface area contributed by atoms with Gasteiger partial charge in [0, 0.05) is 52.7 Å². The van der Waals surface area contributed by atoms with Gasteiger partial charge >= 0.3 is 11.9 Å². The fourth-order valence-corrected chi connectivity index (χ4v) is 6.15. The van der Waals surface area contributed by atoms with Crippen molar-refractivity contribution in [2.75, 3.05) is 65.9 Å². The van der Waals surface area contributed by atoms with E-state index in [4.69, 9.17) is 24.1 Å². The van der Waals surface area contributed by atoms with Crippen LogP contribution in [-0.2, 0) is 52.5 Å². The van der Waals surface area contributed by atoms with Gasteiger partial charge in [-0.1, -0.05) is 90.4 Å². The standard InChI is InChI=1S/C44H79N3O13.H2/c1-36(37(2)48)20-17-18-26-45-41(51)34-60-33-31-58-29-27-46-42(52)35-59-32-30-57-28-19-21-38(49)24-25-39(44(55)56)47-40(50)22-15-13-11-9-7-5-3-4-6-8-10-12-14-16-23-43(53)54;/h36,39H,3-35H2,1-2H3,(H,45,51)(H,46,52)(H,47,50)(H,53,54)(H,55,56);1H/t36-,39-;/m0./s1. The highest BCUT2D eigenvalue weighted by Gasteiger charge is 2.21. The average molecular weight is 860 g/mol. The minimum absolute atomic E-state index is 0. The third-order valence-electron chi connectivity index (χ3n) is 9.99. The first-order valence-corrected chi connectivity index (χ1v) is 22.5. The predicted octanol–water partition coefficient (Wildman–Crippen LogP) is 5.95. The van der Waals surface area contributed by atoms with Crippen molar-refractivity contribution >= 4 is 41.2 Å². The molecule has 60 heavy (non-hydrogen) atoms. The molecule has 3 amide bonds. The third kappa shape index (κ3) is 40.0. The van der Waals surface area contributed by atoms with E-state index in [1.165, 1.54) is 44.9 Å². The topological polar surface area (TPSA) is 233 Å². The molecule has 16 nitrogen and oxygen atoms in total. The summed E-state index contributed by atoms with van der Waals surface area (Å²) in [5, 5.41) is 26.2. The first-order chi connectivity index (χ1) is 28.9. The van der Waals surface area contributed by atoms with Gasteiger partial charge in [-0.05, 0) is 45.4 Å². The Labute approximate surface area is 360 Å². The van der Waals surface area contributed by atoms with Crippen LogP contribution in [0.15, 0.2) is 0 Å². The maximum atomic E-state index is 12.3. The quantitative estimate of drug-likeness (QED) is 0.0446. The molecule has 0 aromatic heterocycles. The smallest absolute Gasteiger partial charge is 0.326 e. The minimum atomic E-state index is -1.15. The second-order valence-electron chi connectivity index (χ2n) is 15.5. The number of carboxylic acids is 2. The number of rotatable bonds is 45. The van der Waals surface area contributed by atoms with Crippen LogP contribution in [0.2, 0.25) is 0 Å². The Balaban J connectivity index is 0. The van der Waals surface area contributed by atoms with Crippen LogP contribution < -0.4 is 16.0 Å². The van der Waals surface area contributed by atoms with Crippen molar-refractivity contribution in [2.24, 2.45) is 5.92 Å². The number of ketones is 2. The minimum Gasteiger partial charge on any atom is -0.481 e. The Morgan fingerprint density at radius 2 is 0.967 bits per heavy atom. The van der Waals surface area contributed by atoms with Crippen molar-refractivity contribution in [3.63, 3.8) is 0 Å². The summed E-state index contributed by atoms with van der Waals surface area (Å²) in [4.78, 5) is 81.7. The Hall–Kier alpha value is -3.47. The molecule has 0 heterocycles. The number of aliphatic carboxylic acids is 2. The highest BCUT2D eigenvalue weighted by molar-refractivity contribution is 5.84. The van der Waals surface area contributed by atoms with Gasteiger partial charge in [0.15, 0.2) is 0 Å². The molecule has 0 bridgehead atoms. The lowest BCUT2D eigenvalue weighted by Gasteiger charge is -2.14. The van der Waals surface area contributed by atoms with Gasteiger partial charge in [-0.15, -0.1) is 0 Å². The van der Waals surface area contributed by atoms with Gasteiger partial charge in [-0.2, -0.15) is 0 Å². The molecule has 0 fully saturated rings. The zero-order chi connectivity index (χ0) is 44.5. The van der Waals surface area contributed by atoms with Crippen LogP contribution in [0.25, 0.3) is 0 Å². The van der Waals surface area contributed by atoms with Gasteiger partial charge in [0.05, 0.1) is 33.0 Å². The van der Waals surface area contributed by atoms with E-state index in [-0.39, 0.29) is 115 Å². The fourth-order valence-electron chi connectivity index (χ4n) is 6.15. The van der Waals surface area contributed by atoms with Crippen molar-refractivity contribution in [1.82, 2.24) is 16.0 Å². The van der Waals surface area contributed by atoms with E-state index in [2.05, 4.69) is 16.0 Å². The van der Waals surface area contributed by atoms with Crippen LogP contribution in [0.4, 0.5) is 0 Å². The van der Waals surface area contributed by atoms with Gasteiger partial charge in [0.25, 0.3) is 0 Å². The molecule has 0 unspecified atom stereocenters. The third-order valence-corrected chi connectivity index (χ3v) is 9.99. The number of carboxylic acid groups (broad SMARTS) is 2. The lowest BCUT2D eigenvalue weighted by atomic mass is 10.0. The second kappa shape index (κ2) is 40.9. The van der Waals surface area contributed by atoms with Crippen molar-refractivity contribution in [2.45, 2.75) is 168 Å². The van der Waals surface area contributed by atoms with Crippen molar-refractivity contribution in [3.8, 4) is 0 Å². The lowest BCUT2D eigenvalue weighted by molar-refractivity contribution is -0.142. The van der Waals surface area contributed by atoms with E-state index < -0.39 is 18.0 Å². The highest BCUT2D eigenvalue weighted by Crippen LogP contribution is 2.14. The Morgan fingerprint density at radius 3 is 1.48 bits per heavy atom. The average Bonchev–Trinajstić information content (AvgIpc) is 3.20. The number of ether oxygens (including phenoxy) is 4. The summed E-state index contributed by atoms with van der Waals surface area (Å²) < 4.78 is 21.4. The van der Waals surface area contributed by atoms with E-state index >= 15 is 0 Å². The molecule has 0 saturated heterocycles. The molecule has 0 aliphatic carbocycles. The number of hydrogen-bond acceptors (Lipinski definition) is 11. The lowest BCUT2D eigenvalue weighted by Crippen LogP contribution is -2.41. The molecule has 0 radical (unpaired) electrons. The molecule has 350 valence electrons. The summed E-state index contributed by atoms with van der Waals surface area (Å²) >= 11 is 0. The molecule has 5 N–H and O–H groups in total. The SMILES string of the molecule is CC(=O)[C@@H](C)CCCCNC(=O)COCCOCCNC(=O)COCCOCCCC(=O)CC[C@H](NC(=O)CCCCCCCCCCCCCCCCC(=O)O)C(=O)O.[HH]. The van der Waals surface area contributed by atoms with E-state index in [1.807, 2.05) is 6.92 Å². The molecule has 0 aliphatic rings. The van der Waals surface area contributed by atoms with E-state index in [0.717, 1.165) is 57.8 Å².